The van der Waals surface area contributed by atoms with Crippen molar-refractivity contribution in [1.29, 1.82) is 0 Å². The average molecular weight is 387 g/mol. The van der Waals surface area contributed by atoms with Crippen LogP contribution in [-0.2, 0) is 6.54 Å². The lowest BCUT2D eigenvalue weighted by Crippen LogP contribution is -2.55. The lowest BCUT2D eigenvalue weighted by molar-refractivity contribution is 0.0757. The number of furan rings is 1. The number of hydrogen-bond donors (Lipinski definition) is 2. The summed E-state index contributed by atoms with van der Waals surface area (Å²) in [5, 5.41) is 7.02. The normalized spacial score (nSPS) is 21.7. The largest absolute Gasteiger partial charge is 0.459 e. The zero-order valence-corrected chi connectivity index (χ0v) is 15.8. The summed E-state index contributed by atoms with van der Waals surface area (Å²) in [6.45, 7) is 1.68. The van der Waals surface area contributed by atoms with Crippen LogP contribution in [0.4, 0.5) is 11.5 Å². The predicted octanol–water partition coefficient (Wildman–Crippen LogP) is 3.40. The van der Waals surface area contributed by atoms with Crippen LogP contribution in [0.1, 0.15) is 22.5 Å². The molecule has 0 radical (unpaired) electrons. The number of likely N-dealkylation sites (tertiary alicyclic amines) is 1. The van der Waals surface area contributed by atoms with Gasteiger partial charge in [-0.05, 0) is 36.2 Å². The predicted molar refractivity (Wildman–Crippen MR) is 111 cm³/mol. The first-order valence-electron chi connectivity index (χ1n) is 9.65. The highest BCUT2D eigenvalue weighted by Gasteiger charge is 2.47. The summed E-state index contributed by atoms with van der Waals surface area (Å²) in [6, 6.07) is 17.4. The Bertz CT molecular complexity index is 1050. The number of aliphatic imine (C=N–C) groups is 1. The smallest absolute Gasteiger partial charge is 0.289 e. The van der Waals surface area contributed by atoms with E-state index in [1.54, 1.807) is 18.3 Å². The molecule has 0 bridgehead atoms. The Morgan fingerprint density at radius 2 is 2.07 bits per heavy atom. The monoisotopic (exact) mass is 387 g/mol. The molecule has 1 atom stereocenters. The Kier molecular flexibility index (Phi) is 4.27. The second-order valence-electron chi connectivity index (χ2n) is 7.34. The van der Waals surface area contributed by atoms with Crippen molar-refractivity contribution in [2.45, 2.75) is 18.5 Å². The Labute approximate surface area is 168 Å². The summed E-state index contributed by atoms with van der Waals surface area (Å²) < 4.78 is 5.30. The molecule has 2 N–H and O–H groups in total. The Hall–Kier alpha value is -3.61. The van der Waals surface area contributed by atoms with Gasteiger partial charge >= 0.3 is 0 Å². The quantitative estimate of drug-likeness (QED) is 0.720. The molecule has 2 aromatic heterocycles. The van der Waals surface area contributed by atoms with Crippen molar-refractivity contribution in [1.82, 2.24) is 9.88 Å². The highest BCUT2D eigenvalue weighted by Crippen LogP contribution is 2.36. The molecule has 1 aromatic carbocycles. The highest BCUT2D eigenvalue weighted by atomic mass is 16.3. The number of aromatic nitrogens is 1. The molecule has 0 aliphatic carbocycles. The first kappa shape index (κ1) is 17.5. The molecule has 1 amide bonds. The van der Waals surface area contributed by atoms with E-state index in [9.17, 15) is 4.79 Å². The fourth-order valence-corrected chi connectivity index (χ4v) is 3.93. The molecule has 7 nitrogen and oxygen atoms in total. The number of carbonyl (C=O) groups excluding carboxylic acids is 1. The van der Waals surface area contributed by atoms with E-state index in [1.165, 1.54) is 6.26 Å². The van der Waals surface area contributed by atoms with Crippen molar-refractivity contribution >= 4 is 23.2 Å². The maximum absolute atomic E-state index is 12.8. The maximum atomic E-state index is 12.8. The van der Waals surface area contributed by atoms with Crippen molar-refractivity contribution < 1.29 is 9.21 Å². The highest BCUT2D eigenvalue weighted by molar-refractivity contribution is 6.09. The number of nitrogens with one attached hydrogen (secondary N) is 2. The van der Waals surface area contributed by atoms with E-state index in [0.29, 0.717) is 25.4 Å². The van der Waals surface area contributed by atoms with Gasteiger partial charge in [-0.1, -0.05) is 30.3 Å². The number of carbonyl (C=O) groups is 1. The molecular weight excluding hydrogens is 366 g/mol. The fourth-order valence-electron chi connectivity index (χ4n) is 3.93. The molecule has 7 heteroatoms. The SMILES string of the molecule is O=C(c1ccco1)N1CC[C@@]2(C1)Nc1cccnc1NC2=NCc1ccccc1. The molecule has 0 unspecified atom stereocenters. The Morgan fingerprint density at radius 1 is 1.17 bits per heavy atom. The van der Waals surface area contributed by atoms with Gasteiger partial charge in [0.1, 0.15) is 11.4 Å². The molecule has 0 saturated carbocycles. The van der Waals surface area contributed by atoms with Gasteiger partial charge in [0.2, 0.25) is 0 Å². The van der Waals surface area contributed by atoms with E-state index in [4.69, 9.17) is 9.41 Å². The molecule has 146 valence electrons. The van der Waals surface area contributed by atoms with Crippen molar-refractivity contribution in [2.24, 2.45) is 4.99 Å². The second-order valence-corrected chi connectivity index (χ2v) is 7.34. The van der Waals surface area contributed by atoms with Crippen LogP contribution in [0.15, 0.2) is 76.5 Å². The Morgan fingerprint density at radius 3 is 2.90 bits per heavy atom. The number of fused-ring (bicyclic) bond motifs is 1. The number of benzene rings is 1. The minimum Gasteiger partial charge on any atom is -0.459 e. The topological polar surface area (TPSA) is 82.8 Å². The van der Waals surface area contributed by atoms with Crippen LogP contribution in [0.25, 0.3) is 0 Å². The number of hydrogen-bond acceptors (Lipinski definition) is 5. The molecule has 4 heterocycles. The third-order valence-corrected chi connectivity index (χ3v) is 5.42. The first-order valence-corrected chi connectivity index (χ1v) is 9.65. The Balaban J connectivity index is 1.46. The first-order chi connectivity index (χ1) is 14.2. The number of rotatable bonds is 3. The van der Waals surface area contributed by atoms with Gasteiger partial charge in [0.25, 0.3) is 5.91 Å². The molecule has 2 aliphatic rings. The van der Waals surface area contributed by atoms with Crippen molar-refractivity contribution in [3.63, 3.8) is 0 Å². The van der Waals surface area contributed by atoms with Gasteiger partial charge < -0.3 is 20.0 Å². The average Bonchev–Trinajstić information content (AvgIpc) is 3.44. The molecule has 1 fully saturated rings. The number of nitrogens with zero attached hydrogens (tertiary/aromatic N) is 3. The summed E-state index contributed by atoms with van der Waals surface area (Å²) >= 11 is 0. The number of anilines is 2. The summed E-state index contributed by atoms with van der Waals surface area (Å²) in [5.74, 6) is 1.81. The lowest BCUT2D eigenvalue weighted by Gasteiger charge is -2.38. The number of amidine groups is 1. The molecule has 1 spiro atoms. The molecule has 5 rings (SSSR count). The molecule has 2 aliphatic heterocycles. The van der Waals surface area contributed by atoms with E-state index >= 15 is 0 Å². The number of amides is 1. The molecule has 29 heavy (non-hydrogen) atoms. The van der Waals surface area contributed by atoms with Gasteiger partial charge in [-0.25, -0.2) is 4.98 Å². The summed E-state index contributed by atoms with van der Waals surface area (Å²) in [4.78, 5) is 23.9. The maximum Gasteiger partial charge on any atom is 0.289 e. The zero-order valence-electron chi connectivity index (χ0n) is 15.8. The lowest BCUT2D eigenvalue weighted by atomic mass is 9.93. The standard InChI is InChI=1S/C22H21N5O2/c28-20(18-9-5-13-29-18)27-12-10-22(15-27)21(24-14-16-6-2-1-3-7-16)25-19-17(26-22)8-4-11-23-19/h1-9,11,13,26H,10,12,14-15H2,(H,23,24,25)/t22-/m0/s1. The summed E-state index contributed by atoms with van der Waals surface area (Å²) in [5.41, 5.74) is 1.57. The molecule has 3 aromatic rings. The van der Waals surface area contributed by atoms with E-state index in [1.807, 2.05) is 35.2 Å². The van der Waals surface area contributed by atoms with Gasteiger partial charge in [0, 0.05) is 12.7 Å². The van der Waals surface area contributed by atoms with Crippen LogP contribution in [0.5, 0.6) is 0 Å². The van der Waals surface area contributed by atoms with E-state index in [-0.39, 0.29) is 5.91 Å². The van der Waals surface area contributed by atoms with Crippen molar-refractivity contribution in [3.05, 3.63) is 78.4 Å². The minimum atomic E-state index is -0.479. The van der Waals surface area contributed by atoms with Crippen LogP contribution in [0, 0.1) is 0 Å². The van der Waals surface area contributed by atoms with Crippen molar-refractivity contribution in [2.75, 3.05) is 23.7 Å². The summed E-state index contributed by atoms with van der Waals surface area (Å²) in [6.07, 6.45) is 4.02. The fraction of sp³-hybridized carbons (Fsp3) is 0.227. The van der Waals surface area contributed by atoms with Gasteiger partial charge in [0.15, 0.2) is 11.6 Å². The van der Waals surface area contributed by atoms with Gasteiger partial charge in [-0.3, -0.25) is 9.79 Å². The van der Waals surface area contributed by atoms with Gasteiger partial charge in [-0.15, -0.1) is 0 Å². The summed E-state index contributed by atoms with van der Waals surface area (Å²) in [7, 11) is 0. The van der Waals surface area contributed by atoms with Crippen LogP contribution in [-0.4, -0.2) is 40.3 Å². The zero-order chi connectivity index (χ0) is 19.7. The van der Waals surface area contributed by atoms with Crippen LogP contribution < -0.4 is 10.6 Å². The van der Waals surface area contributed by atoms with Crippen LogP contribution in [0.2, 0.25) is 0 Å². The van der Waals surface area contributed by atoms with E-state index in [0.717, 1.165) is 29.3 Å². The third kappa shape index (κ3) is 3.24. The van der Waals surface area contributed by atoms with Crippen LogP contribution >= 0.6 is 0 Å². The third-order valence-electron chi connectivity index (χ3n) is 5.42. The van der Waals surface area contributed by atoms with Crippen molar-refractivity contribution in [3.8, 4) is 0 Å². The van der Waals surface area contributed by atoms with Crippen LogP contribution in [0.3, 0.4) is 0 Å². The molecular formula is C22H21N5O2. The van der Waals surface area contributed by atoms with Gasteiger partial charge in [0.05, 0.1) is 25.0 Å². The minimum absolute atomic E-state index is 0.104. The molecule has 1 saturated heterocycles. The van der Waals surface area contributed by atoms with E-state index < -0.39 is 5.54 Å². The van der Waals surface area contributed by atoms with Gasteiger partial charge in [-0.2, -0.15) is 0 Å². The number of pyridine rings is 1. The second kappa shape index (κ2) is 7.09. The van der Waals surface area contributed by atoms with E-state index in [2.05, 4.69) is 27.8 Å².